The van der Waals surface area contributed by atoms with Gasteiger partial charge in [-0.3, -0.25) is 9.80 Å². The summed E-state index contributed by atoms with van der Waals surface area (Å²) in [6, 6.07) is 12.5. The number of β-amino-alcohol motifs (C(OH)–C–C–N with tert-alkyl or cyclic N) is 1. The molecular weight excluding hydrogens is 604 g/mol. The fourth-order valence-electron chi connectivity index (χ4n) is 6.84. The number of halogens is 2. The highest BCUT2D eigenvalue weighted by Crippen LogP contribution is 2.42. The van der Waals surface area contributed by atoms with Crippen molar-refractivity contribution in [2.75, 3.05) is 51.2 Å². The van der Waals surface area contributed by atoms with Crippen LogP contribution in [0.25, 0.3) is 11.0 Å². The summed E-state index contributed by atoms with van der Waals surface area (Å²) in [5.41, 5.74) is 4.91. The molecule has 0 bridgehead atoms. The van der Waals surface area contributed by atoms with Crippen molar-refractivity contribution in [1.29, 1.82) is 0 Å². The zero-order valence-electron chi connectivity index (χ0n) is 26.6. The number of H-pyrrole nitrogens is 1. The number of nitrogens with zero attached hydrogens (tertiary/aromatic N) is 5. The van der Waals surface area contributed by atoms with Crippen LogP contribution < -0.4 is 10.1 Å². The molecule has 3 aliphatic rings. The van der Waals surface area contributed by atoms with E-state index in [1.54, 1.807) is 17.0 Å². The van der Waals surface area contributed by atoms with Crippen LogP contribution in [0.4, 0.5) is 19.3 Å². The molecule has 2 fully saturated rings. The Kier molecular flexibility index (Phi) is 9.07. The van der Waals surface area contributed by atoms with Gasteiger partial charge in [0.15, 0.2) is 0 Å². The minimum Gasteiger partial charge on any atom is -0.438 e. The standard InChI is InChI=1S/C35H41F2N7O3/c1-2-22-19-44(35(46)40-26-6-5-24(29(16-26)32(36)37)18-43-11-9-42(10-12-43)13-14-45)20-25-15-27(7-8-28(22)25)47-34-30-17-31(23-3-4-23)41-33(30)38-21-39-34/h5-8,15-17,21-23,32,45H,2-4,9-14,18-20H2,1H3,(H,40,46)(H,38,39,41)/t22-/m0/s1. The van der Waals surface area contributed by atoms with Gasteiger partial charge in [0.05, 0.1) is 12.0 Å². The van der Waals surface area contributed by atoms with Crippen molar-refractivity contribution in [2.45, 2.75) is 57.5 Å². The number of aliphatic hydroxyl groups excluding tert-OH is 1. The lowest BCUT2D eigenvalue weighted by Gasteiger charge is -2.35. The summed E-state index contributed by atoms with van der Waals surface area (Å²) in [6.45, 7) is 7.24. The number of carbonyl (C=O) groups excluding carboxylic acids is 1. The lowest BCUT2D eigenvalue weighted by molar-refractivity contribution is 0.106. The fourth-order valence-corrected chi connectivity index (χ4v) is 6.84. The second-order valence-electron chi connectivity index (χ2n) is 12.9. The zero-order chi connectivity index (χ0) is 32.5. The topological polar surface area (TPSA) is 110 Å². The summed E-state index contributed by atoms with van der Waals surface area (Å²) in [5.74, 6) is 1.79. The largest absolute Gasteiger partial charge is 0.438 e. The molecule has 4 aromatic rings. The summed E-state index contributed by atoms with van der Waals surface area (Å²) < 4.78 is 34.7. The molecule has 0 unspecified atom stereocenters. The van der Waals surface area contributed by atoms with Gasteiger partial charge in [-0.1, -0.05) is 19.1 Å². The number of rotatable bonds is 10. The Balaban J connectivity index is 1.04. The highest BCUT2D eigenvalue weighted by molar-refractivity contribution is 5.89. The average molecular weight is 646 g/mol. The zero-order valence-corrected chi connectivity index (χ0v) is 26.6. The molecule has 4 heterocycles. The van der Waals surface area contributed by atoms with Gasteiger partial charge in [-0.15, -0.1) is 0 Å². The molecule has 1 saturated carbocycles. The van der Waals surface area contributed by atoms with Gasteiger partial charge in [-0.25, -0.2) is 23.5 Å². The Morgan fingerprint density at radius 2 is 1.89 bits per heavy atom. The Morgan fingerprint density at radius 3 is 2.64 bits per heavy atom. The highest BCUT2D eigenvalue weighted by Gasteiger charge is 2.29. The number of amides is 2. The third kappa shape index (κ3) is 6.95. The van der Waals surface area contributed by atoms with Crippen molar-refractivity contribution in [2.24, 2.45) is 0 Å². The van der Waals surface area contributed by atoms with E-state index in [-0.39, 0.29) is 24.1 Å². The summed E-state index contributed by atoms with van der Waals surface area (Å²) >= 11 is 0. The number of alkyl halides is 2. The lowest BCUT2D eigenvalue weighted by Crippen LogP contribution is -2.46. The molecule has 12 heteroatoms. The second kappa shape index (κ2) is 13.5. The third-order valence-electron chi connectivity index (χ3n) is 9.69. The van der Waals surface area contributed by atoms with Crippen LogP contribution in [0.3, 0.4) is 0 Å². The molecule has 2 aromatic carbocycles. The second-order valence-corrected chi connectivity index (χ2v) is 12.9. The molecule has 2 amide bonds. The van der Waals surface area contributed by atoms with E-state index in [9.17, 15) is 18.7 Å². The number of urea groups is 1. The molecule has 1 aliphatic carbocycles. The maximum atomic E-state index is 14.2. The van der Waals surface area contributed by atoms with Crippen molar-refractivity contribution in [3.05, 3.63) is 76.7 Å². The van der Waals surface area contributed by atoms with Crippen LogP contribution in [-0.2, 0) is 13.1 Å². The Morgan fingerprint density at radius 1 is 1.09 bits per heavy atom. The molecule has 248 valence electrons. The number of hydrogen-bond acceptors (Lipinski definition) is 7. The maximum Gasteiger partial charge on any atom is 0.322 e. The Bertz CT molecular complexity index is 1740. The number of anilines is 1. The molecule has 1 saturated heterocycles. The van der Waals surface area contributed by atoms with Crippen LogP contribution in [-0.4, -0.2) is 86.7 Å². The van der Waals surface area contributed by atoms with E-state index in [2.05, 4.69) is 49.1 Å². The average Bonchev–Trinajstić information content (AvgIpc) is 3.84. The van der Waals surface area contributed by atoms with Crippen LogP contribution >= 0.6 is 0 Å². The molecule has 10 nitrogen and oxygen atoms in total. The van der Waals surface area contributed by atoms with Gasteiger partial charge in [-0.2, -0.15) is 0 Å². The van der Waals surface area contributed by atoms with Gasteiger partial charge >= 0.3 is 6.03 Å². The van der Waals surface area contributed by atoms with Gasteiger partial charge in [0.1, 0.15) is 17.7 Å². The van der Waals surface area contributed by atoms with E-state index in [0.717, 1.165) is 54.9 Å². The predicted molar refractivity (Wildman–Crippen MR) is 175 cm³/mol. The number of hydrogen-bond donors (Lipinski definition) is 3. The van der Waals surface area contributed by atoms with E-state index in [1.807, 2.05) is 12.1 Å². The SMILES string of the molecule is CC[C@H]1CN(C(=O)Nc2ccc(CN3CCN(CCO)CC3)c(C(F)F)c2)Cc2cc(Oc3ncnc4[nH]c(C5CC5)cc34)ccc21. The number of benzene rings is 2. The lowest BCUT2D eigenvalue weighted by atomic mass is 9.88. The van der Waals surface area contributed by atoms with Gasteiger partial charge < -0.3 is 25.0 Å². The summed E-state index contributed by atoms with van der Waals surface area (Å²) in [4.78, 5) is 31.8. The number of carbonyl (C=O) groups is 1. The van der Waals surface area contributed by atoms with E-state index in [1.165, 1.54) is 30.8 Å². The monoisotopic (exact) mass is 645 g/mol. The quantitative estimate of drug-likeness (QED) is 0.188. The first-order valence-electron chi connectivity index (χ1n) is 16.5. The van der Waals surface area contributed by atoms with Gasteiger partial charge in [0, 0.05) is 75.2 Å². The number of piperazine rings is 1. The van der Waals surface area contributed by atoms with Crippen molar-refractivity contribution >= 4 is 22.8 Å². The molecule has 0 spiro atoms. The molecule has 7 rings (SSSR count). The smallest absolute Gasteiger partial charge is 0.322 e. The minimum atomic E-state index is -2.66. The van der Waals surface area contributed by atoms with Crippen molar-refractivity contribution < 1.29 is 23.4 Å². The first-order valence-corrected chi connectivity index (χ1v) is 16.5. The number of nitrogens with one attached hydrogen (secondary N) is 2. The summed E-state index contributed by atoms with van der Waals surface area (Å²) in [5, 5.41) is 12.9. The Hall–Kier alpha value is -4.13. The predicted octanol–water partition coefficient (Wildman–Crippen LogP) is 6.22. The maximum absolute atomic E-state index is 14.2. The van der Waals surface area contributed by atoms with Crippen molar-refractivity contribution in [3.63, 3.8) is 0 Å². The number of aromatic amines is 1. The number of aromatic nitrogens is 3. The van der Waals surface area contributed by atoms with Crippen LogP contribution in [0, 0.1) is 0 Å². The van der Waals surface area contributed by atoms with Gasteiger partial charge in [0.2, 0.25) is 5.88 Å². The first-order chi connectivity index (χ1) is 22.9. The third-order valence-corrected chi connectivity index (χ3v) is 9.69. The summed E-state index contributed by atoms with van der Waals surface area (Å²) in [7, 11) is 0. The highest BCUT2D eigenvalue weighted by atomic mass is 19.3. The van der Waals surface area contributed by atoms with E-state index in [4.69, 9.17) is 4.74 Å². The molecule has 3 N–H and O–H groups in total. The normalized spacial score (nSPS) is 18.9. The van der Waals surface area contributed by atoms with E-state index >= 15 is 0 Å². The molecule has 2 aliphatic heterocycles. The molecule has 2 aromatic heterocycles. The molecule has 0 radical (unpaired) electrons. The Labute approximate surface area is 272 Å². The molecular formula is C35H41F2N7O3. The number of fused-ring (bicyclic) bond motifs is 2. The van der Waals surface area contributed by atoms with Crippen molar-refractivity contribution in [1.82, 2.24) is 29.7 Å². The van der Waals surface area contributed by atoms with E-state index < -0.39 is 6.43 Å². The van der Waals surface area contributed by atoms with Crippen molar-refractivity contribution in [3.8, 4) is 11.6 Å². The minimum absolute atomic E-state index is 0.0664. The van der Waals surface area contributed by atoms with Crippen LogP contribution in [0.1, 0.15) is 72.4 Å². The fraction of sp³-hybridized carbons (Fsp3) is 0.457. The first kappa shape index (κ1) is 31.5. The van der Waals surface area contributed by atoms with Crippen LogP contribution in [0.2, 0.25) is 0 Å². The van der Waals surface area contributed by atoms with E-state index in [0.29, 0.717) is 55.0 Å². The van der Waals surface area contributed by atoms with Gasteiger partial charge in [-0.05, 0) is 72.2 Å². The van der Waals surface area contributed by atoms with Crippen LogP contribution in [0.5, 0.6) is 11.6 Å². The van der Waals surface area contributed by atoms with Gasteiger partial charge in [0.25, 0.3) is 6.43 Å². The molecule has 47 heavy (non-hydrogen) atoms. The number of aliphatic hydroxyl groups is 1. The van der Waals surface area contributed by atoms with Crippen LogP contribution in [0.15, 0.2) is 48.8 Å². The summed E-state index contributed by atoms with van der Waals surface area (Å²) in [6.07, 6.45) is 2.02. The number of ether oxygens (including phenoxy) is 1. The molecule has 1 atom stereocenters.